The van der Waals surface area contributed by atoms with Crippen LogP contribution < -0.4 is 0 Å². The van der Waals surface area contributed by atoms with Gasteiger partial charge in [0.05, 0.1) is 22.8 Å². The maximum atomic E-state index is 7.42. The summed E-state index contributed by atoms with van der Waals surface area (Å²) >= 11 is 4.83. The SMILES string of the molecule is C.C[CH-]C.C[CH-]C.C[CH-]C.C[CH-]C.[CH2-]CC[NH-].[CH2-][C@@H]1CCCC[C@H]1[NH-].[CH3-].[CH3-].[Cl][Pt].[Cl][Pt].[Cl][Pt].[NH2-].[Ru+2].c1ccc(-c2ccccn2)nc1.c1ccc(-c2ccccn2)nc1. The van der Waals surface area contributed by atoms with Crippen LogP contribution in [0, 0.1) is 60.3 Å². The summed E-state index contributed by atoms with van der Waals surface area (Å²) in [6.07, 6.45) is 20.6. The van der Waals surface area contributed by atoms with Crippen LogP contribution in [0.15, 0.2) is 97.6 Å². The molecule has 5 rings (SSSR count). The first-order chi connectivity index (χ1) is 26.3. The number of pyridine rings is 4. The molecule has 4 aromatic rings. The van der Waals surface area contributed by atoms with Gasteiger partial charge in [-0.15, -0.1) is 0 Å². The largest absolute Gasteiger partial charge is 2.00 e. The van der Waals surface area contributed by atoms with Crippen LogP contribution in [0.2, 0.25) is 0 Å². The van der Waals surface area contributed by atoms with Crippen molar-refractivity contribution in [2.24, 2.45) is 5.92 Å². The van der Waals surface area contributed by atoms with E-state index in [4.69, 9.17) is 11.5 Å². The smallest absolute Gasteiger partial charge is 0.693 e. The molecule has 4 heterocycles. The Morgan fingerprint density at radius 1 is 0.576 bits per heavy atom. The Morgan fingerprint density at radius 3 is 0.898 bits per heavy atom. The average Bonchev–Trinajstić information content (AvgIpc) is 3.24. The molecular weight excluding hydrogens is 1430 g/mol. The number of nitrogens with one attached hydrogen (secondary N) is 2. The van der Waals surface area contributed by atoms with Crippen LogP contribution in [0.25, 0.3) is 40.4 Å². The molecule has 2 atom stereocenters. The van der Waals surface area contributed by atoms with E-state index in [1.165, 1.54) is 19.3 Å². The first-order valence-electron chi connectivity index (χ1n) is 17.3. The maximum Gasteiger partial charge on any atom is 2.00 e. The molecule has 1 saturated carbocycles. The van der Waals surface area contributed by atoms with Gasteiger partial charge < -0.3 is 72.0 Å². The minimum absolute atomic E-state index is 0. The van der Waals surface area contributed by atoms with Crippen molar-refractivity contribution in [1.82, 2.24) is 19.9 Å². The molecule has 0 radical (unpaired) electrons. The summed E-state index contributed by atoms with van der Waals surface area (Å²) in [5, 5.41) is 0. The quantitative estimate of drug-likeness (QED) is 0.149. The van der Waals surface area contributed by atoms with Crippen molar-refractivity contribution in [3.8, 4) is 22.8 Å². The fourth-order valence-electron chi connectivity index (χ4n) is 3.26. The van der Waals surface area contributed by atoms with Crippen LogP contribution in [0.4, 0.5) is 0 Å². The van der Waals surface area contributed by atoms with Gasteiger partial charge in [-0.25, -0.2) is 6.42 Å². The zero-order chi connectivity index (χ0) is 42.7. The number of hydrogen-bond acceptors (Lipinski definition) is 4. The Bertz CT molecular complexity index is 971. The number of nitrogens with two attached hydrogens (primary N) is 1. The van der Waals surface area contributed by atoms with Crippen molar-refractivity contribution < 1.29 is 75.8 Å². The molecule has 0 saturated heterocycles. The van der Waals surface area contributed by atoms with E-state index in [0.717, 1.165) is 35.6 Å². The zero-order valence-electron chi connectivity index (χ0n) is 36.2. The second-order valence-electron chi connectivity index (χ2n) is 10.4. The summed E-state index contributed by atoms with van der Waals surface area (Å²) in [5.74, 6) is 0.420. The Labute approximate surface area is 425 Å². The molecule has 4 aromatic heterocycles. The van der Waals surface area contributed by atoms with Crippen LogP contribution in [0.1, 0.15) is 94.9 Å². The second kappa shape index (κ2) is 81.8. The van der Waals surface area contributed by atoms with E-state index in [1.54, 1.807) is 81.1 Å². The normalized spacial score (nSPS) is 11.4. The van der Waals surface area contributed by atoms with Gasteiger partial charge in [0.2, 0.25) is 0 Å². The van der Waals surface area contributed by atoms with E-state index < -0.39 is 0 Å². The van der Waals surface area contributed by atoms with Crippen LogP contribution >= 0.6 is 28.3 Å². The molecule has 14 heteroatoms. The molecule has 0 bridgehead atoms. The molecule has 4 N–H and O–H groups in total. The summed E-state index contributed by atoms with van der Waals surface area (Å²) in [4.78, 5) is 16.7. The topological polar surface area (TPSA) is 133 Å². The van der Waals surface area contributed by atoms with Gasteiger partial charge in [0, 0.05) is 24.8 Å². The molecule has 359 valence electrons. The number of halogens is 3. The minimum Gasteiger partial charge on any atom is -0.693 e. The van der Waals surface area contributed by atoms with Gasteiger partial charge >= 0.3 is 104 Å². The molecule has 0 spiro atoms. The summed E-state index contributed by atoms with van der Waals surface area (Å²) in [6, 6.07) is 23.3. The second-order valence-corrected chi connectivity index (χ2v) is 10.4. The van der Waals surface area contributed by atoms with Gasteiger partial charge in [-0.3, -0.25) is 19.9 Å². The molecule has 0 aliphatic heterocycles. The molecule has 0 unspecified atom stereocenters. The fraction of sp³-hybridized carbons (Fsp3) is 0.378. The molecule has 0 amide bonds. The van der Waals surface area contributed by atoms with Crippen molar-refractivity contribution in [2.75, 3.05) is 6.54 Å². The number of aromatic nitrogens is 4. The summed E-state index contributed by atoms with van der Waals surface area (Å²) in [5.41, 5.74) is 17.5. The van der Waals surface area contributed by atoms with Crippen LogP contribution in [0.5, 0.6) is 0 Å². The minimum atomic E-state index is 0. The van der Waals surface area contributed by atoms with Crippen molar-refractivity contribution in [3.63, 3.8) is 0 Å². The van der Waals surface area contributed by atoms with Gasteiger partial charge in [0.15, 0.2) is 0 Å². The molecule has 0 aromatic carbocycles. The summed E-state index contributed by atoms with van der Waals surface area (Å²) in [7, 11) is 13.8. The molecule has 1 fully saturated rings. The van der Waals surface area contributed by atoms with Crippen LogP contribution in [-0.4, -0.2) is 32.5 Å². The van der Waals surface area contributed by atoms with Crippen molar-refractivity contribution >= 4 is 28.3 Å². The predicted molar refractivity (Wildman–Crippen MR) is 255 cm³/mol. The monoisotopic (exact) mass is 1510 g/mol. The average molecular weight is 1510 g/mol. The number of rotatable bonds is 3. The molecule has 7 nitrogen and oxygen atoms in total. The van der Waals surface area contributed by atoms with Gasteiger partial charge in [0.1, 0.15) is 0 Å². The van der Waals surface area contributed by atoms with Gasteiger partial charge in [-0.05, 0) is 48.5 Å². The number of hydrogen-bond donors (Lipinski definition) is 0. The summed E-state index contributed by atoms with van der Waals surface area (Å²) < 4.78 is 0. The summed E-state index contributed by atoms with van der Waals surface area (Å²) in [6.45, 7) is 23.8. The third-order valence-electron chi connectivity index (χ3n) is 5.27. The van der Waals surface area contributed by atoms with Crippen LogP contribution in [-0.2, 0) is 75.8 Å². The first-order valence-corrected chi connectivity index (χ1v) is 25.7. The van der Waals surface area contributed by atoms with Gasteiger partial charge in [-0.2, -0.15) is 73.9 Å². The van der Waals surface area contributed by atoms with E-state index in [2.05, 4.69) is 62.0 Å². The molecule has 59 heavy (non-hydrogen) atoms. The Balaban J connectivity index is -0.0000000512. The third-order valence-corrected chi connectivity index (χ3v) is 5.27. The molecular formula is C45H76Cl3N7Pt3Ru-9. The van der Waals surface area contributed by atoms with E-state index in [1.807, 2.05) is 154 Å². The van der Waals surface area contributed by atoms with E-state index in [0.29, 0.717) is 12.5 Å². The third kappa shape index (κ3) is 67.3. The Morgan fingerprint density at radius 2 is 0.780 bits per heavy atom. The Hall–Kier alpha value is 0.0383. The molecule has 1 aliphatic carbocycles. The molecule has 1 aliphatic rings. The van der Waals surface area contributed by atoms with Crippen LogP contribution in [0.3, 0.4) is 0 Å². The van der Waals surface area contributed by atoms with Crippen molar-refractivity contribution in [2.45, 2.75) is 101 Å². The Kier molecular flexibility index (Phi) is 120. The number of nitrogens with zero attached hydrogens (tertiary/aromatic N) is 4. The van der Waals surface area contributed by atoms with Crippen molar-refractivity contribution in [3.05, 3.63) is 170 Å². The predicted octanol–water partition coefficient (Wildman–Crippen LogP) is 17.2. The van der Waals surface area contributed by atoms with Crippen molar-refractivity contribution in [1.29, 1.82) is 0 Å². The van der Waals surface area contributed by atoms with Gasteiger partial charge in [-0.1, -0.05) is 57.4 Å². The standard InChI is InChI=1S/2C10H8N2.C7H13N.C3H7N.4C3H7.CH4.2CH3.3ClH.H2N.3Pt.Ru/c2*1-3-7-11-9(5-1)10-6-2-4-8-12-10;1-6-4-2-3-5-7(6)8;1-2-3-4;4*1-3-2;;;;;;;;;;;/h2*1-8H;6-8H,1-5H2;4H,1-3H2;4*3H,1-2H3;1H4;2*1H3;3*1H;1H2;;;;/q;;2*-2;4*-1;;2*-1;;;;-1;3*+1;+2/p-3/t;;6-,7-;;;;;;;;;;;;;;;;/m..1................/s1. The van der Waals surface area contributed by atoms with E-state index >= 15 is 0 Å². The van der Waals surface area contributed by atoms with Gasteiger partial charge in [0.25, 0.3) is 0 Å². The zero-order valence-corrected chi connectivity index (χ0v) is 47.0. The first kappa shape index (κ1) is 86.2. The maximum absolute atomic E-state index is 7.42. The van der Waals surface area contributed by atoms with E-state index in [9.17, 15) is 0 Å². The fourth-order valence-corrected chi connectivity index (χ4v) is 3.26. The van der Waals surface area contributed by atoms with E-state index in [-0.39, 0.29) is 54.0 Å².